The van der Waals surface area contributed by atoms with Gasteiger partial charge in [-0.05, 0) is 18.8 Å². The van der Waals surface area contributed by atoms with Crippen molar-refractivity contribution in [1.82, 2.24) is 10.6 Å². The summed E-state index contributed by atoms with van der Waals surface area (Å²) < 4.78 is 5.33. The third kappa shape index (κ3) is 6.75. The Morgan fingerprint density at radius 1 is 1.20 bits per heavy atom. The van der Waals surface area contributed by atoms with E-state index in [0.29, 0.717) is 38.5 Å². The summed E-state index contributed by atoms with van der Waals surface area (Å²) in [6, 6.07) is -0.356. The number of carbonyl (C=O) groups excluding carboxylic acids is 1. The van der Waals surface area contributed by atoms with Gasteiger partial charge in [-0.1, -0.05) is 27.7 Å². The summed E-state index contributed by atoms with van der Waals surface area (Å²) in [4.78, 5) is 22.8. The van der Waals surface area contributed by atoms with E-state index in [1.807, 2.05) is 13.8 Å². The summed E-state index contributed by atoms with van der Waals surface area (Å²) in [5.74, 6) is -0.405. The van der Waals surface area contributed by atoms with Gasteiger partial charge in [-0.2, -0.15) is 0 Å². The van der Waals surface area contributed by atoms with E-state index in [1.54, 1.807) is 0 Å². The molecule has 0 bridgehead atoms. The molecule has 0 saturated carbocycles. The number of ether oxygens (including phenoxy) is 1. The van der Waals surface area contributed by atoms with Crippen molar-refractivity contribution in [3.05, 3.63) is 0 Å². The Morgan fingerprint density at radius 2 is 1.80 bits per heavy atom. The second-order valence-electron chi connectivity index (χ2n) is 5.37. The summed E-state index contributed by atoms with van der Waals surface area (Å²) in [6.45, 7) is 9.41. The predicted molar refractivity (Wildman–Crippen MR) is 77.7 cm³/mol. The smallest absolute Gasteiger partial charge is 0.314 e. The molecule has 0 spiro atoms. The first-order chi connectivity index (χ1) is 9.38. The first-order valence-electron chi connectivity index (χ1n) is 7.20. The maximum atomic E-state index is 11.6. The van der Waals surface area contributed by atoms with E-state index >= 15 is 0 Å². The van der Waals surface area contributed by atoms with Crippen LogP contribution in [0, 0.1) is 11.3 Å². The van der Waals surface area contributed by atoms with Gasteiger partial charge in [0.05, 0.1) is 12.0 Å². The fraction of sp³-hybridized carbons (Fsp3) is 0.857. The molecule has 6 nitrogen and oxygen atoms in total. The topological polar surface area (TPSA) is 87.7 Å². The minimum Gasteiger partial charge on any atom is -0.481 e. The number of aliphatic carboxylic acids is 1. The molecule has 0 radical (unpaired) electrons. The number of urea groups is 1. The van der Waals surface area contributed by atoms with Gasteiger partial charge in [-0.15, -0.1) is 0 Å². The molecule has 0 heterocycles. The maximum Gasteiger partial charge on any atom is 0.314 e. The molecule has 0 rings (SSSR count). The number of carbonyl (C=O) groups is 2. The monoisotopic (exact) mass is 288 g/mol. The third-order valence-electron chi connectivity index (χ3n) is 3.38. The Labute approximate surface area is 121 Å². The highest BCUT2D eigenvalue weighted by Crippen LogP contribution is 2.25. The second-order valence-corrected chi connectivity index (χ2v) is 5.37. The molecule has 3 N–H and O–H groups in total. The Bertz CT molecular complexity index is 302. The average molecular weight is 288 g/mol. The SMILES string of the molecule is CCC(CC)(CNC(=O)NCCOCC(C)C)C(=O)O. The molecule has 0 saturated heterocycles. The molecule has 0 aliphatic carbocycles. The number of hydrogen-bond acceptors (Lipinski definition) is 3. The molecule has 0 unspecified atom stereocenters. The second kappa shape index (κ2) is 9.58. The lowest BCUT2D eigenvalue weighted by molar-refractivity contribution is -0.149. The summed E-state index contributed by atoms with van der Waals surface area (Å²) >= 11 is 0. The third-order valence-corrected chi connectivity index (χ3v) is 3.38. The van der Waals surface area contributed by atoms with E-state index in [0.717, 1.165) is 0 Å². The van der Waals surface area contributed by atoms with Crippen molar-refractivity contribution < 1.29 is 19.4 Å². The number of nitrogens with one attached hydrogen (secondary N) is 2. The normalized spacial score (nSPS) is 11.4. The van der Waals surface area contributed by atoms with E-state index in [9.17, 15) is 14.7 Å². The van der Waals surface area contributed by atoms with Crippen LogP contribution in [0.25, 0.3) is 0 Å². The summed E-state index contributed by atoms with van der Waals surface area (Å²) in [5.41, 5.74) is -0.883. The lowest BCUT2D eigenvalue weighted by atomic mass is 9.82. The molecular formula is C14H28N2O4. The number of carboxylic acids is 1. The standard InChI is InChI=1S/C14H28N2O4/c1-5-14(6-2,12(17)18)10-16-13(19)15-7-8-20-9-11(3)4/h11H,5-10H2,1-4H3,(H,17,18)(H2,15,16,19). The van der Waals surface area contributed by atoms with Crippen molar-refractivity contribution in [1.29, 1.82) is 0 Å². The molecule has 2 amide bonds. The Kier molecular flexibility index (Phi) is 8.96. The number of amides is 2. The Morgan fingerprint density at radius 3 is 2.25 bits per heavy atom. The molecule has 6 heteroatoms. The van der Waals surface area contributed by atoms with Crippen molar-refractivity contribution in [2.45, 2.75) is 40.5 Å². The highest BCUT2D eigenvalue weighted by molar-refractivity contribution is 5.78. The van der Waals surface area contributed by atoms with Crippen LogP contribution in [0.1, 0.15) is 40.5 Å². The zero-order chi connectivity index (χ0) is 15.6. The van der Waals surface area contributed by atoms with E-state index in [2.05, 4.69) is 24.5 Å². The maximum absolute atomic E-state index is 11.6. The van der Waals surface area contributed by atoms with Crippen LogP contribution in [-0.2, 0) is 9.53 Å². The van der Waals surface area contributed by atoms with Crippen molar-refractivity contribution in [2.24, 2.45) is 11.3 Å². The molecule has 0 aromatic heterocycles. The van der Waals surface area contributed by atoms with Gasteiger partial charge in [0, 0.05) is 19.7 Å². The number of hydrogen-bond donors (Lipinski definition) is 3. The Balaban J connectivity index is 3.94. The fourth-order valence-electron chi connectivity index (χ4n) is 1.75. The highest BCUT2D eigenvalue weighted by Gasteiger charge is 2.35. The van der Waals surface area contributed by atoms with Crippen LogP contribution in [0.15, 0.2) is 0 Å². The van der Waals surface area contributed by atoms with Crippen LogP contribution in [-0.4, -0.2) is 43.4 Å². The average Bonchev–Trinajstić information content (AvgIpc) is 2.39. The summed E-state index contributed by atoms with van der Waals surface area (Å²) in [7, 11) is 0. The largest absolute Gasteiger partial charge is 0.481 e. The van der Waals surface area contributed by atoms with Crippen LogP contribution in [0.3, 0.4) is 0 Å². The quantitative estimate of drug-likeness (QED) is 0.535. The van der Waals surface area contributed by atoms with Gasteiger partial charge in [-0.25, -0.2) is 4.79 Å². The summed E-state index contributed by atoms with van der Waals surface area (Å²) in [5, 5.41) is 14.5. The number of rotatable bonds is 10. The van der Waals surface area contributed by atoms with Gasteiger partial charge in [0.2, 0.25) is 0 Å². The fourth-order valence-corrected chi connectivity index (χ4v) is 1.75. The van der Waals surface area contributed by atoms with Crippen molar-refractivity contribution in [3.8, 4) is 0 Å². The lowest BCUT2D eigenvalue weighted by Crippen LogP contribution is -2.46. The van der Waals surface area contributed by atoms with E-state index in [1.165, 1.54) is 0 Å². The van der Waals surface area contributed by atoms with Gasteiger partial charge >= 0.3 is 12.0 Å². The zero-order valence-corrected chi connectivity index (χ0v) is 13.0. The first-order valence-corrected chi connectivity index (χ1v) is 7.20. The number of carboxylic acid groups (broad SMARTS) is 1. The van der Waals surface area contributed by atoms with Crippen LogP contribution >= 0.6 is 0 Å². The van der Waals surface area contributed by atoms with E-state index in [4.69, 9.17) is 4.74 Å². The minimum atomic E-state index is -0.883. The molecular weight excluding hydrogens is 260 g/mol. The van der Waals surface area contributed by atoms with Crippen LogP contribution in [0.2, 0.25) is 0 Å². The van der Waals surface area contributed by atoms with Crippen LogP contribution in [0.4, 0.5) is 4.79 Å². The van der Waals surface area contributed by atoms with Gasteiger partial charge in [0.15, 0.2) is 0 Å². The van der Waals surface area contributed by atoms with Gasteiger partial charge in [-0.3, -0.25) is 4.79 Å². The molecule has 20 heavy (non-hydrogen) atoms. The molecule has 0 aromatic carbocycles. The van der Waals surface area contributed by atoms with E-state index in [-0.39, 0.29) is 12.6 Å². The van der Waals surface area contributed by atoms with Crippen LogP contribution in [0.5, 0.6) is 0 Å². The van der Waals surface area contributed by atoms with Crippen molar-refractivity contribution in [3.63, 3.8) is 0 Å². The molecule has 0 atom stereocenters. The van der Waals surface area contributed by atoms with Gasteiger partial charge in [0.1, 0.15) is 0 Å². The minimum absolute atomic E-state index is 0.133. The van der Waals surface area contributed by atoms with Crippen molar-refractivity contribution >= 4 is 12.0 Å². The molecule has 0 aromatic rings. The molecule has 0 aliphatic heterocycles. The van der Waals surface area contributed by atoms with Crippen molar-refractivity contribution in [2.75, 3.05) is 26.3 Å². The van der Waals surface area contributed by atoms with E-state index < -0.39 is 11.4 Å². The first kappa shape index (κ1) is 18.7. The highest BCUT2D eigenvalue weighted by atomic mass is 16.5. The molecule has 0 fully saturated rings. The predicted octanol–water partition coefficient (Wildman–Crippen LogP) is 1.85. The Hall–Kier alpha value is -1.30. The summed E-state index contributed by atoms with van der Waals surface area (Å²) in [6.07, 6.45) is 0.966. The van der Waals surface area contributed by atoms with Crippen LogP contribution < -0.4 is 10.6 Å². The molecule has 0 aliphatic rings. The zero-order valence-electron chi connectivity index (χ0n) is 13.0. The lowest BCUT2D eigenvalue weighted by Gasteiger charge is -2.26. The van der Waals surface area contributed by atoms with Gasteiger partial charge < -0.3 is 20.5 Å². The van der Waals surface area contributed by atoms with Gasteiger partial charge in [0.25, 0.3) is 0 Å². The molecule has 118 valence electrons.